The van der Waals surface area contributed by atoms with Crippen LogP contribution in [-0.2, 0) is 16.0 Å². The van der Waals surface area contributed by atoms with Gasteiger partial charge in [0.1, 0.15) is 5.75 Å². The third kappa shape index (κ3) is 2.18. The fourth-order valence-corrected chi connectivity index (χ4v) is 1.89. The summed E-state index contributed by atoms with van der Waals surface area (Å²) in [6.45, 7) is 2.97. The van der Waals surface area contributed by atoms with Gasteiger partial charge in [0.25, 0.3) is 0 Å². The smallest absolute Gasteiger partial charge is 0.190 e. The highest BCUT2D eigenvalue weighted by Gasteiger charge is 2.32. The topological polar surface area (TPSA) is 92.8 Å². The zero-order valence-electron chi connectivity index (χ0n) is 9.35. The van der Waals surface area contributed by atoms with E-state index in [0.717, 1.165) is 0 Å². The van der Waals surface area contributed by atoms with Gasteiger partial charge in [-0.15, -0.1) is 0 Å². The lowest BCUT2D eigenvalue weighted by Crippen LogP contribution is -2.28. The van der Waals surface area contributed by atoms with Crippen LogP contribution in [0.1, 0.15) is 18.1 Å². The summed E-state index contributed by atoms with van der Waals surface area (Å²) in [5.74, 6) is 0.367. The van der Waals surface area contributed by atoms with Gasteiger partial charge >= 0.3 is 0 Å². The van der Waals surface area contributed by atoms with E-state index in [0.29, 0.717) is 22.6 Å². The molecule has 4 N–H and O–H groups in total. The minimum absolute atomic E-state index is 0.319. The molecule has 2 atom stereocenters. The van der Waals surface area contributed by atoms with Gasteiger partial charge in [-0.2, -0.15) is 0 Å². The number of aryl methyl sites for hydroxylation is 1. The van der Waals surface area contributed by atoms with Crippen molar-refractivity contribution in [3.63, 3.8) is 0 Å². The molecule has 90 valence electrons. The first-order chi connectivity index (χ1) is 7.30. The lowest BCUT2D eigenvalue weighted by molar-refractivity contribution is 0.142. The Bertz CT molecular complexity index is 431. The summed E-state index contributed by atoms with van der Waals surface area (Å²) in [4.78, 5) is -1.84. The van der Waals surface area contributed by atoms with E-state index in [1.165, 1.54) is 20.1 Å². The minimum atomic E-state index is -2.39. The Kier molecular flexibility index (Phi) is 3.57. The van der Waals surface area contributed by atoms with E-state index in [4.69, 9.17) is 15.0 Å². The van der Waals surface area contributed by atoms with Crippen molar-refractivity contribution in [2.75, 3.05) is 12.8 Å². The number of ether oxygens (including phenoxy) is 1. The number of nitrogen functional groups attached to an aromatic ring is 1. The summed E-state index contributed by atoms with van der Waals surface area (Å²) >= 11 is -2.39. The van der Waals surface area contributed by atoms with Gasteiger partial charge in [0.15, 0.2) is 16.0 Å². The quantitative estimate of drug-likeness (QED) is 0.545. The average molecular weight is 245 g/mol. The van der Waals surface area contributed by atoms with Gasteiger partial charge in [0.2, 0.25) is 0 Å². The number of rotatable bonds is 3. The van der Waals surface area contributed by atoms with Crippen LogP contribution in [0.15, 0.2) is 12.1 Å². The van der Waals surface area contributed by atoms with Crippen LogP contribution in [-0.4, -0.2) is 21.0 Å². The molecule has 5 nitrogen and oxygen atoms in total. The Morgan fingerprint density at radius 1 is 1.50 bits per heavy atom. The van der Waals surface area contributed by atoms with Crippen molar-refractivity contribution in [3.8, 4) is 5.75 Å². The third-order valence-electron chi connectivity index (χ3n) is 2.42. The van der Waals surface area contributed by atoms with E-state index in [1.807, 2.05) is 0 Å². The molecule has 0 radical (unpaired) electrons. The first-order valence-corrected chi connectivity index (χ1v) is 5.69. The third-order valence-corrected chi connectivity index (χ3v) is 3.32. The van der Waals surface area contributed by atoms with Crippen LogP contribution in [0.4, 0.5) is 5.69 Å². The van der Waals surface area contributed by atoms with Gasteiger partial charge in [0, 0.05) is 5.56 Å². The van der Waals surface area contributed by atoms with E-state index in [2.05, 4.69) is 0 Å². The largest absolute Gasteiger partial charge is 0.495 e. The summed E-state index contributed by atoms with van der Waals surface area (Å²) in [5, 5.41) is 9.91. The molecule has 2 unspecified atom stereocenters. The molecule has 1 rings (SSSR count). The number of methoxy groups -OCH3 is 1. The molecular weight excluding hydrogens is 230 g/mol. The number of hydrogen-bond donors (Lipinski definition) is 3. The Morgan fingerprint density at radius 2 is 2.06 bits per heavy atom. The van der Waals surface area contributed by atoms with Crippen LogP contribution in [0.25, 0.3) is 0 Å². The Hall–Kier alpha value is -1.11. The number of aliphatic hydroxyl groups is 1. The van der Waals surface area contributed by atoms with Crippen molar-refractivity contribution >= 4 is 16.8 Å². The monoisotopic (exact) mass is 245 g/mol. The maximum absolute atomic E-state index is 11.0. The fourth-order valence-electron chi connectivity index (χ4n) is 1.48. The van der Waals surface area contributed by atoms with Gasteiger partial charge in [-0.05, 0) is 31.5 Å². The highest BCUT2D eigenvalue weighted by molar-refractivity contribution is 7.80. The normalized spacial score (nSPS) is 16.6. The van der Waals surface area contributed by atoms with Crippen molar-refractivity contribution in [1.82, 2.24) is 0 Å². The van der Waals surface area contributed by atoms with Gasteiger partial charge in [-0.25, -0.2) is 4.21 Å². The highest BCUT2D eigenvalue weighted by atomic mass is 32.2. The lowest BCUT2D eigenvalue weighted by atomic mass is 10.0. The van der Waals surface area contributed by atoms with E-state index in [-0.39, 0.29) is 0 Å². The minimum Gasteiger partial charge on any atom is -0.495 e. The molecule has 6 heteroatoms. The van der Waals surface area contributed by atoms with Crippen molar-refractivity contribution in [2.24, 2.45) is 0 Å². The van der Waals surface area contributed by atoms with Gasteiger partial charge in [0.05, 0.1) is 12.8 Å². The Labute approximate surface area is 96.5 Å². The second-order valence-electron chi connectivity index (χ2n) is 3.64. The van der Waals surface area contributed by atoms with E-state index >= 15 is 0 Å². The highest BCUT2D eigenvalue weighted by Crippen LogP contribution is 2.33. The van der Waals surface area contributed by atoms with E-state index in [9.17, 15) is 9.32 Å². The van der Waals surface area contributed by atoms with Gasteiger partial charge in [-0.1, -0.05) is 0 Å². The number of anilines is 1. The zero-order valence-corrected chi connectivity index (χ0v) is 10.2. The Balaban J connectivity index is 3.40. The first kappa shape index (κ1) is 13.0. The predicted octanol–water partition coefficient (Wildman–Crippen LogP) is 0.973. The number of hydrogen-bond acceptors (Lipinski definition) is 4. The van der Waals surface area contributed by atoms with Crippen LogP contribution in [0.3, 0.4) is 0 Å². The summed E-state index contributed by atoms with van der Waals surface area (Å²) in [6.07, 6.45) is 0. The molecule has 1 aromatic rings. The van der Waals surface area contributed by atoms with Crippen molar-refractivity contribution < 1.29 is 18.6 Å². The molecule has 16 heavy (non-hydrogen) atoms. The molecule has 0 aromatic heterocycles. The standard InChI is InChI=1S/C10H15NO4S/c1-6-4-8(11)9(15-3)5-7(6)10(2,12)16(13)14/h4-5,12H,11H2,1-3H3,(H,13,14). The number of benzene rings is 1. The molecule has 0 fully saturated rings. The van der Waals surface area contributed by atoms with Crippen LogP contribution in [0.5, 0.6) is 5.75 Å². The molecule has 0 saturated heterocycles. The maximum atomic E-state index is 11.0. The summed E-state index contributed by atoms with van der Waals surface area (Å²) in [6, 6.07) is 3.06. The van der Waals surface area contributed by atoms with Crippen molar-refractivity contribution in [2.45, 2.75) is 18.8 Å². The second-order valence-corrected chi connectivity index (χ2v) is 4.93. The van der Waals surface area contributed by atoms with Crippen LogP contribution < -0.4 is 10.5 Å². The van der Waals surface area contributed by atoms with Gasteiger partial charge < -0.3 is 20.1 Å². The zero-order chi connectivity index (χ0) is 12.5. The van der Waals surface area contributed by atoms with Crippen molar-refractivity contribution in [1.29, 1.82) is 0 Å². The molecule has 0 amide bonds. The molecule has 1 aromatic carbocycles. The Morgan fingerprint density at radius 3 is 2.50 bits per heavy atom. The van der Waals surface area contributed by atoms with Crippen molar-refractivity contribution in [3.05, 3.63) is 23.3 Å². The molecule has 0 saturated carbocycles. The molecule has 0 aliphatic carbocycles. The molecule has 0 aliphatic heterocycles. The molecule has 0 spiro atoms. The summed E-state index contributed by atoms with van der Waals surface area (Å²) < 4.78 is 25.1. The fraction of sp³-hybridized carbons (Fsp3) is 0.400. The first-order valence-electron chi connectivity index (χ1n) is 4.58. The average Bonchev–Trinajstić information content (AvgIpc) is 2.17. The summed E-state index contributed by atoms with van der Waals surface area (Å²) in [7, 11) is 1.44. The van der Waals surface area contributed by atoms with E-state index < -0.39 is 16.0 Å². The molecular formula is C10H15NO4S. The van der Waals surface area contributed by atoms with Gasteiger partial charge in [-0.3, -0.25) is 0 Å². The van der Waals surface area contributed by atoms with Crippen LogP contribution >= 0.6 is 0 Å². The van der Waals surface area contributed by atoms with E-state index in [1.54, 1.807) is 13.0 Å². The second kappa shape index (κ2) is 4.40. The molecule has 0 heterocycles. The predicted molar refractivity (Wildman–Crippen MR) is 62.5 cm³/mol. The lowest BCUT2D eigenvalue weighted by Gasteiger charge is -2.22. The van der Waals surface area contributed by atoms with Crippen LogP contribution in [0, 0.1) is 6.92 Å². The molecule has 0 aliphatic rings. The maximum Gasteiger partial charge on any atom is 0.190 e. The SMILES string of the molecule is COc1cc(C(C)(O)S(=O)O)c(C)cc1N. The van der Waals surface area contributed by atoms with Crippen LogP contribution in [0.2, 0.25) is 0 Å². The summed E-state index contributed by atoms with van der Waals surface area (Å²) in [5.41, 5.74) is 7.04. The molecule has 0 bridgehead atoms. The number of nitrogens with two attached hydrogens (primary N) is 1.